The normalized spacial score (nSPS) is 24.6. The summed E-state index contributed by atoms with van der Waals surface area (Å²) in [5, 5.41) is 1.98. The van der Waals surface area contributed by atoms with Crippen LogP contribution in [0.15, 0.2) is 47.8 Å². The van der Waals surface area contributed by atoms with E-state index in [4.69, 9.17) is 4.74 Å². The Kier molecular flexibility index (Phi) is 5.15. The SMILES string of the molecule is O=C(c1cccs1)N1CC[C@@H](N2CCOCC2)[C@@H]1Cc1ccccc1. The van der Waals surface area contributed by atoms with Crippen molar-refractivity contribution in [3.8, 4) is 0 Å². The molecule has 1 amide bonds. The van der Waals surface area contributed by atoms with Gasteiger partial charge < -0.3 is 9.64 Å². The minimum absolute atomic E-state index is 0.187. The van der Waals surface area contributed by atoms with Crippen LogP contribution in [0.5, 0.6) is 0 Å². The molecule has 2 atom stereocenters. The minimum atomic E-state index is 0.187. The van der Waals surface area contributed by atoms with Gasteiger partial charge in [0.2, 0.25) is 0 Å². The number of carbonyl (C=O) groups excluding carboxylic acids is 1. The lowest BCUT2D eigenvalue weighted by Gasteiger charge is -2.37. The van der Waals surface area contributed by atoms with E-state index in [0.29, 0.717) is 6.04 Å². The quantitative estimate of drug-likeness (QED) is 0.844. The van der Waals surface area contributed by atoms with Crippen molar-refractivity contribution in [2.75, 3.05) is 32.8 Å². The van der Waals surface area contributed by atoms with E-state index < -0.39 is 0 Å². The Morgan fingerprint density at radius 2 is 1.88 bits per heavy atom. The van der Waals surface area contributed by atoms with Crippen molar-refractivity contribution in [2.45, 2.75) is 24.9 Å². The topological polar surface area (TPSA) is 32.8 Å². The Morgan fingerprint density at radius 3 is 2.60 bits per heavy atom. The molecule has 132 valence electrons. The highest BCUT2D eigenvalue weighted by Crippen LogP contribution is 2.29. The molecule has 0 spiro atoms. The molecule has 2 aliphatic heterocycles. The molecule has 1 aromatic carbocycles. The number of benzene rings is 1. The van der Waals surface area contributed by atoms with Gasteiger partial charge in [-0.1, -0.05) is 36.4 Å². The van der Waals surface area contributed by atoms with Crippen molar-refractivity contribution in [3.63, 3.8) is 0 Å². The molecule has 3 heterocycles. The molecular weight excluding hydrogens is 332 g/mol. The molecule has 5 heteroatoms. The van der Waals surface area contributed by atoms with E-state index in [1.54, 1.807) is 0 Å². The van der Waals surface area contributed by atoms with Crippen LogP contribution >= 0.6 is 11.3 Å². The molecule has 0 N–H and O–H groups in total. The van der Waals surface area contributed by atoms with E-state index >= 15 is 0 Å². The van der Waals surface area contributed by atoms with E-state index in [-0.39, 0.29) is 11.9 Å². The van der Waals surface area contributed by atoms with Gasteiger partial charge in [-0.3, -0.25) is 9.69 Å². The predicted molar refractivity (Wildman–Crippen MR) is 100 cm³/mol. The highest BCUT2D eigenvalue weighted by atomic mass is 32.1. The van der Waals surface area contributed by atoms with E-state index in [2.05, 4.69) is 34.1 Å². The first kappa shape index (κ1) is 16.8. The number of thiophene rings is 1. The van der Waals surface area contributed by atoms with Crippen LogP contribution in [0.2, 0.25) is 0 Å². The highest BCUT2D eigenvalue weighted by Gasteiger charge is 2.40. The fraction of sp³-hybridized carbons (Fsp3) is 0.450. The zero-order valence-electron chi connectivity index (χ0n) is 14.3. The lowest BCUT2D eigenvalue weighted by atomic mass is 9.98. The molecule has 2 aliphatic rings. The molecule has 4 rings (SSSR count). The number of amides is 1. The van der Waals surface area contributed by atoms with Gasteiger partial charge in [0.1, 0.15) is 0 Å². The summed E-state index contributed by atoms with van der Waals surface area (Å²) in [6.45, 7) is 4.38. The van der Waals surface area contributed by atoms with Gasteiger partial charge >= 0.3 is 0 Å². The average molecular weight is 356 g/mol. The third kappa shape index (κ3) is 3.64. The van der Waals surface area contributed by atoms with Gasteiger partial charge in [-0.25, -0.2) is 0 Å². The van der Waals surface area contributed by atoms with Gasteiger partial charge in [-0.15, -0.1) is 11.3 Å². The Morgan fingerprint density at radius 1 is 1.08 bits per heavy atom. The number of nitrogens with zero attached hydrogens (tertiary/aromatic N) is 2. The third-order valence-corrected chi connectivity index (χ3v) is 6.16. The lowest BCUT2D eigenvalue weighted by molar-refractivity contribution is 0.00868. The van der Waals surface area contributed by atoms with E-state index in [0.717, 1.165) is 50.6 Å². The second-order valence-corrected chi connectivity index (χ2v) is 7.68. The molecule has 0 aliphatic carbocycles. The van der Waals surface area contributed by atoms with Crippen molar-refractivity contribution in [3.05, 3.63) is 58.3 Å². The number of rotatable bonds is 4. The van der Waals surface area contributed by atoms with Crippen LogP contribution in [0, 0.1) is 0 Å². The molecule has 0 bridgehead atoms. The Labute approximate surface area is 153 Å². The van der Waals surface area contributed by atoms with E-state index in [1.807, 2.05) is 23.6 Å². The van der Waals surface area contributed by atoms with Crippen molar-refractivity contribution in [2.24, 2.45) is 0 Å². The summed E-state index contributed by atoms with van der Waals surface area (Å²) >= 11 is 1.54. The summed E-state index contributed by atoms with van der Waals surface area (Å²) in [5.41, 5.74) is 1.30. The summed E-state index contributed by atoms with van der Waals surface area (Å²) in [6, 6.07) is 15.1. The first-order valence-corrected chi connectivity index (χ1v) is 9.91. The maximum atomic E-state index is 13.0. The standard InChI is InChI=1S/C20H24N2O2S/c23-20(19-7-4-14-25-19)22-9-8-17(21-10-12-24-13-11-21)18(22)15-16-5-2-1-3-6-16/h1-7,14,17-18H,8-13,15H2/t17-,18+/m1/s1. The van der Waals surface area contributed by atoms with Crippen molar-refractivity contribution in [1.29, 1.82) is 0 Å². The van der Waals surface area contributed by atoms with Crippen LogP contribution in [0.1, 0.15) is 21.7 Å². The van der Waals surface area contributed by atoms with E-state index in [9.17, 15) is 4.79 Å². The zero-order chi connectivity index (χ0) is 17.1. The number of likely N-dealkylation sites (tertiary alicyclic amines) is 1. The Balaban J connectivity index is 1.58. The first-order valence-electron chi connectivity index (χ1n) is 9.03. The number of hydrogen-bond acceptors (Lipinski definition) is 4. The summed E-state index contributed by atoms with van der Waals surface area (Å²) in [6.07, 6.45) is 1.97. The second-order valence-electron chi connectivity index (χ2n) is 6.74. The maximum Gasteiger partial charge on any atom is 0.264 e. The Bertz CT molecular complexity index is 683. The zero-order valence-corrected chi connectivity index (χ0v) is 15.2. The minimum Gasteiger partial charge on any atom is -0.379 e. The lowest BCUT2D eigenvalue weighted by Crippen LogP contribution is -2.51. The van der Waals surface area contributed by atoms with Gasteiger partial charge in [0.15, 0.2) is 0 Å². The largest absolute Gasteiger partial charge is 0.379 e. The first-order chi connectivity index (χ1) is 12.3. The maximum absolute atomic E-state index is 13.0. The smallest absolute Gasteiger partial charge is 0.264 e. The summed E-state index contributed by atoms with van der Waals surface area (Å²) in [7, 11) is 0. The van der Waals surface area contributed by atoms with Crippen LogP contribution in [-0.4, -0.2) is 60.6 Å². The molecule has 2 fully saturated rings. The molecule has 2 aromatic rings. The van der Waals surface area contributed by atoms with Crippen LogP contribution in [-0.2, 0) is 11.2 Å². The molecule has 4 nitrogen and oxygen atoms in total. The summed E-state index contributed by atoms with van der Waals surface area (Å²) < 4.78 is 5.53. The Hall–Kier alpha value is -1.69. The van der Waals surface area contributed by atoms with E-state index in [1.165, 1.54) is 16.9 Å². The molecule has 25 heavy (non-hydrogen) atoms. The van der Waals surface area contributed by atoms with Crippen LogP contribution in [0.3, 0.4) is 0 Å². The van der Waals surface area contributed by atoms with Gasteiger partial charge in [0.25, 0.3) is 5.91 Å². The number of morpholine rings is 1. The molecule has 0 radical (unpaired) electrons. The molecule has 0 unspecified atom stereocenters. The highest BCUT2D eigenvalue weighted by molar-refractivity contribution is 7.12. The monoisotopic (exact) mass is 356 g/mol. The van der Waals surface area contributed by atoms with Crippen molar-refractivity contribution in [1.82, 2.24) is 9.80 Å². The van der Waals surface area contributed by atoms with Gasteiger partial charge in [0.05, 0.1) is 24.1 Å². The van der Waals surface area contributed by atoms with Crippen LogP contribution in [0.25, 0.3) is 0 Å². The fourth-order valence-corrected chi connectivity index (χ4v) is 4.75. The number of ether oxygens (including phenoxy) is 1. The molecule has 0 saturated carbocycles. The summed E-state index contributed by atoms with van der Waals surface area (Å²) in [5.74, 6) is 0.187. The van der Waals surface area contributed by atoms with Crippen LogP contribution < -0.4 is 0 Å². The molecule has 1 aromatic heterocycles. The number of hydrogen-bond donors (Lipinski definition) is 0. The fourth-order valence-electron chi connectivity index (χ4n) is 4.07. The van der Waals surface area contributed by atoms with Gasteiger partial charge in [0, 0.05) is 25.7 Å². The molecular formula is C20H24N2O2S. The van der Waals surface area contributed by atoms with Crippen molar-refractivity contribution < 1.29 is 9.53 Å². The third-order valence-electron chi connectivity index (χ3n) is 5.31. The predicted octanol–water partition coefficient (Wildman–Crippen LogP) is 2.91. The average Bonchev–Trinajstić information content (AvgIpc) is 3.33. The van der Waals surface area contributed by atoms with Crippen LogP contribution in [0.4, 0.5) is 0 Å². The molecule has 2 saturated heterocycles. The number of carbonyl (C=O) groups is 1. The summed E-state index contributed by atoms with van der Waals surface area (Å²) in [4.78, 5) is 18.5. The second kappa shape index (κ2) is 7.68. The van der Waals surface area contributed by atoms with Gasteiger partial charge in [-0.2, -0.15) is 0 Å². The van der Waals surface area contributed by atoms with Crippen molar-refractivity contribution >= 4 is 17.2 Å². The van der Waals surface area contributed by atoms with Gasteiger partial charge in [-0.05, 0) is 29.9 Å².